The third-order valence-corrected chi connectivity index (χ3v) is 3.55. The van der Waals surface area contributed by atoms with Crippen molar-refractivity contribution in [2.75, 3.05) is 13.7 Å². The maximum absolute atomic E-state index is 11.9. The molecule has 0 bridgehead atoms. The van der Waals surface area contributed by atoms with E-state index in [0.29, 0.717) is 24.7 Å². The Hall–Kier alpha value is -1.46. The van der Waals surface area contributed by atoms with Crippen LogP contribution in [0.5, 0.6) is 11.5 Å². The molecule has 2 atom stereocenters. The Labute approximate surface area is 139 Å². The second kappa shape index (κ2) is 10.3. The van der Waals surface area contributed by atoms with Gasteiger partial charge in [0.1, 0.15) is 0 Å². The lowest BCUT2D eigenvalue weighted by atomic mass is 9.99. The van der Waals surface area contributed by atoms with Crippen LogP contribution in [0.15, 0.2) is 18.2 Å². The minimum absolute atomic E-state index is 0. The lowest BCUT2D eigenvalue weighted by Gasteiger charge is -2.18. The summed E-state index contributed by atoms with van der Waals surface area (Å²) in [6, 6.07) is 5.14. The molecular formula is C16H27ClN2O3. The van der Waals surface area contributed by atoms with Crippen molar-refractivity contribution in [2.24, 2.45) is 11.7 Å². The molecule has 1 aromatic carbocycles. The first-order chi connectivity index (χ1) is 10.0. The molecule has 0 aliphatic carbocycles. The highest BCUT2D eigenvalue weighted by atomic mass is 35.5. The van der Waals surface area contributed by atoms with Gasteiger partial charge in [0.05, 0.1) is 19.8 Å². The summed E-state index contributed by atoms with van der Waals surface area (Å²) < 4.78 is 10.7. The van der Waals surface area contributed by atoms with Crippen molar-refractivity contribution in [3.05, 3.63) is 23.8 Å². The maximum atomic E-state index is 11.9. The molecule has 0 aromatic heterocycles. The molecule has 0 saturated carbocycles. The predicted octanol–water partition coefficient (Wildman–Crippen LogP) is 2.51. The van der Waals surface area contributed by atoms with Crippen LogP contribution in [0.2, 0.25) is 0 Å². The summed E-state index contributed by atoms with van der Waals surface area (Å²) in [6.45, 7) is 6.92. The van der Waals surface area contributed by atoms with Crippen LogP contribution in [0.1, 0.15) is 32.8 Å². The molecule has 0 saturated heterocycles. The van der Waals surface area contributed by atoms with Gasteiger partial charge in [0.25, 0.3) is 0 Å². The first kappa shape index (κ1) is 20.5. The molecule has 0 radical (unpaired) electrons. The van der Waals surface area contributed by atoms with Gasteiger partial charge in [-0.1, -0.05) is 26.3 Å². The molecule has 0 spiro atoms. The lowest BCUT2D eigenvalue weighted by molar-refractivity contribution is -0.123. The monoisotopic (exact) mass is 330 g/mol. The van der Waals surface area contributed by atoms with Crippen LogP contribution >= 0.6 is 12.4 Å². The molecular weight excluding hydrogens is 304 g/mol. The molecule has 1 amide bonds. The van der Waals surface area contributed by atoms with Gasteiger partial charge in [0, 0.05) is 6.54 Å². The highest BCUT2D eigenvalue weighted by Gasteiger charge is 2.19. The van der Waals surface area contributed by atoms with E-state index in [2.05, 4.69) is 5.32 Å². The average molecular weight is 331 g/mol. The Bertz CT molecular complexity index is 469. The Morgan fingerprint density at radius 2 is 2.00 bits per heavy atom. The quantitative estimate of drug-likeness (QED) is 0.768. The second-order valence-electron chi connectivity index (χ2n) is 5.05. The van der Waals surface area contributed by atoms with Gasteiger partial charge in [-0.15, -0.1) is 12.4 Å². The van der Waals surface area contributed by atoms with Gasteiger partial charge in [0.15, 0.2) is 11.5 Å². The van der Waals surface area contributed by atoms with E-state index in [1.54, 1.807) is 7.11 Å². The summed E-state index contributed by atoms with van der Waals surface area (Å²) >= 11 is 0. The fraction of sp³-hybridized carbons (Fsp3) is 0.562. The summed E-state index contributed by atoms with van der Waals surface area (Å²) in [6.07, 6.45) is 0.880. The third kappa shape index (κ3) is 5.73. The SMILES string of the molecule is CCOc1ccc(CNC(=O)C(N)C(C)CC)cc1OC.Cl. The van der Waals surface area contributed by atoms with Crippen LogP contribution in [-0.2, 0) is 11.3 Å². The van der Waals surface area contributed by atoms with Crippen LogP contribution in [0.3, 0.4) is 0 Å². The number of nitrogens with two attached hydrogens (primary N) is 1. The van der Waals surface area contributed by atoms with Gasteiger partial charge in [-0.05, 0) is 30.5 Å². The fourth-order valence-corrected chi connectivity index (χ4v) is 1.92. The van der Waals surface area contributed by atoms with Crippen LogP contribution < -0.4 is 20.5 Å². The molecule has 0 aliphatic heterocycles. The summed E-state index contributed by atoms with van der Waals surface area (Å²) in [7, 11) is 1.60. The largest absolute Gasteiger partial charge is 0.493 e. The van der Waals surface area contributed by atoms with Crippen molar-refractivity contribution in [1.82, 2.24) is 5.32 Å². The molecule has 126 valence electrons. The number of hydrogen-bond acceptors (Lipinski definition) is 4. The summed E-state index contributed by atoms with van der Waals surface area (Å²) in [4.78, 5) is 11.9. The van der Waals surface area contributed by atoms with Gasteiger partial charge < -0.3 is 20.5 Å². The number of rotatable bonds is 8. The zero-order valence-electron chi connectivity index (χ0n) is 13.7. The van der Waals surface area contributed by atoms with Crippen molar-refractivity contribution in [1.29, 1.82) is 0 Å². The molecule has 0 aliphatic rings. The smallest absolute Gasteiger partial charge is 0.237 e. The highest BCUT2D eigenvalue weighted by molar-refractivity contribution is 5.85. The summed E-state index contributed by atoms with van der Waals surface area (Å²) in [5.41, 5.74) is 6.84. The number of benzene rings is 1. The van der Waals surface area contributed by atoms with E-state index in [0.717, 1.165) is 12.0 Å². The Kier molecular flexibility index (Phi) is 9.61. The fourth-order valence-electron chi connectivity index (χ4n) is 1.92. The summed E-state index contributed by atoms with van der Waals surface area (Å²) in [5.74, 6) is 1.40. The molecule has 5 nitrogen and oxygen atoms in total. The zero-order valence-corrected chi connectivity index (χ0v) is 14.5. The standard InChI is InChI=1S/C16H26N2O3.ClH/c1-5-11(3)15(17)16(19)18-10-12-7-8-13(21-6-2)14(9-12)20-4;/h7-9,11,15H,5-6,10,17H2,1-4H3,(H,18,19);1H. The number of amides is 1. The number of carbonyl (C=O) groups excluding carboxylic acids is 1. The Morgan fingerprint density at radius 3 is 2.55 bits per heavy atom. The van der Waals surface area contributed by atoms with Gasteiger partial charge in [-0.3, -0.25) is 4.79 Å². The van der Waals surface area contributed by atoms with Gasteiger partial charge in [0.2, 0.25) is 5.91 Å². The van der Waals surface area contributed by atoms with E-state index in [1.165, 1.54) is 0 Å². The molecule has 6 heteroatoms. The number of halogens is 1. The van der Waals surface area contributed by atoms with E-state index < -0.39 is 6.04 Å². The van der Waals surface area contributed by atoms with Crippen molar-refractivity contribution in [3.8, 4) is 11.5 Å². The molecule has 0 heterocycles. The first-order valence-corrected chi connectivity index (χ1v) is 7.36. The number of hydrogen-bond donors (Lipinski definition) is 2. The van der Waals surface area contributed by atoms with Crippen molar-refractivity contribution >= 4 is 18.3 Å². The summed E-state index contributed by atoms with van der Waals surface area (Å²) in [5, 5.41) is 2.86. The van der Waals surface area contributed by atoms with Gasteiger partial charge >= 0.3 is 0 Å². The highest BCUT2D eigenvalue weighted by Crippen LogP contribution is 2.27. The van der Waals surface area contributed by atoms with Crippen molar-refractivity contribution < 1.29 is 14.3 Å². The molecule has 0 fully saturated rings. The molecule has 3 N–H and O–H groups in total. The topological polar surface area (TPSA) is 73.6 Å². The van der Waals surface area contributed by atoms with E-state index in [4.69, 9.17) is 15.2 Å². The van der Waals surface area contributed by atoms with Crippen LogP contribution in [0.4, 0.5) is 0 Å². The van der Waals surface area contributed by atoms with E-state index in [-0.39, 0.29) is 24.2 Å². The van der Waals surface area contributed by atoms with Crippen LogP contribution in [-0.4, -0.2) is 25.7 Å². The minimum Gasteiger partial charge on any atom is -0.493 e. The normalized spacial score (nSPS) is 12.8. The third-order valence-electron chi connectivity index (χ3n) is 3.55. The first-order valence-electron chi connectivity index (χ1n) is 7.36. The van der Waals surface area contributed by atoms with Gasteiger partial charge in [-0.2, -0.15) is 0 Å². The van der Waals surface area contributed by atoms with Crippen LogP contribution in [0, 0.1) is 5.92 Å². The van der Waals surface area contributed by atoms with Crippen molar-refractivity contribution in [2.45, 2.75) is 39.8 Å². The second-order valence-corrected chi connectivity index (χ2v) is 5.05. The van der Waals surface area contributed by atoms with E-state index in [1.807, 2.05) is 39.0 Å². The van der Waals surface area contributed by atoms with Crippen molar-refractivity contribution in [3.63, 3.8) is 0 Å². The molecule has 22 heavy (non-hydrogen) atoms. The maximum Gasteiger partial charge on any atom is 0.237 e. The Morgan fingerprint density at radius 1 is 1.32 bits per heavy atom. The zero-order chi connectivity index (χ0) is 15.8. The number of carbonyl (C=O) groups is 1. The predicted molar refractivity (Wildman–Crippen MR) is 90.7 cm³/mol. The van der Waals surface area contributed by atoms with E-state index in [9.17, 15) is 4.79 Å². The molecule has 2 unspecified atom stereocenters. The number of nitrogens with one attached hydrogen (secondary N) is 1. The number of ether oxygens (including phenoxy) is 2. The van der Waals surface area contributed by atoms with Crippen LogP contribution in [0.25, 0.3) is 0 Å². The molecule has 1 aromatic rings. The average Bonchev–Trinajstić information content (AvgIpc) is 2.52. The van der Waals surface area contributed by atoms with Gasteiger partial charge in [-0.25, -0.2) is 0 Å². The lowest BCUT2D eigenvalue weighted by Crippen LogP contribution is -2.44. The number of methoxy groups -OCH3 is 1. The molecule has 1 rings (SSSR count). The van der Waals surface area contributed by atoms with E-state index >= 15 is 0 Å². The Balaban J connectivity index is 0.00000441. The minimum atomic E-state index is -0.473.